The molecular weight excluding hydrogens is 322 g/mol. The van der Waals surface area contributed by atoms with Gasteiger partial charge in [0.25, 0.3) is 5.56 Å². The Bertz CT molecular complexity index is 899. The fourth-order valence-corrected chi connectivity index (χ4v) is 2.82. The normalized spacial score (nSPS) is 27.0. The lowest BCUT2D eigenvalue weighted by Gasteiger charge is -2.15. The van der Waals surface area contributed by atoms with E-state index in [4.69, 9.17) is 10.5 Å². The van der Waals surface area contributed by atoms with Crippen molar-refractivity contribution in [2.45, 2.75) is 31.1 Å². The van der Waals surface area contributed by atoms with Gasteiger partial charge in [0.1, 0.15) is 18.3 Å². The van der Waals surface area contributed by atoms with Crippen LogP contribution in [0.2, 0.25) is 0 Å². The summed E-state index contributed by atoms with van der Waals surface area (Å²) in [6.45, 7) is 3.00. The van der Waals surface area contributed by atoms with Crippen LogP contribution in [0.1, 0.15) is 6.23 Å². The number of allylic oxidation sites excluding steroid dienone is 1. The third-order valence-corrected chi connectivity index (χ3v) is 3.91. The van der Waals surface area contributed by atoms with Gasteiger partial charge in [-0.3, -0.25) is 14.3 Å². The number of aliphatic hydroxyl groups is 3. The minimum Gasteiger partial charge on any atom is -0.394 e. The molecule has 1 aliphatic heterocycles. The third kappa shape index (κ3) is 2.26. The lowest BCUT2D eigenvalue weighted by molar-refractivity contribution is -0.0527. The molecule has 11 nitrogen and oxygen atoms in total. The molecule has 1 aliphatic rings. The number of aliphatic hydroxyl groups excluding tert-OH is 3. The number of hydrogen-bond acceptors (Lipinski definition) is 8. The molecule has 0 saturated carbocycles. The van der Waals surface area contributed by atoms with E-state index in [1.165, 1.54) is 6.08 Å². The number of fused-ring (bicyclic) bond motifs is 1. The molecule has 0 spiro atoms. The molecule has 6 N–H and O–H groups in total. The smallest absolute Gasteiger partial charge is 0.333 e. The van der Waals surface area contributed by atoms with E-state index in [1.807, 2.05) is 0 Å². The Labute approximate surface area is 134 Å². The first-order valence-electron chi connectivity index (χ1n) is 7.14. The largest absolute Gasteiger partial charge is 0.394 e. The maximum absolute atomic E-state index is 12.7. The Kier molecular flexibility index (Phi) is 4.01. The minimum absolute atomic E-state index is 0.0197. The van der Waals surface area contributed by atoms with Crippen molar-refractivity contribution in [2.24, 2.45) is 0 Å². The van der Waals surface area contributed by atoms with Crippen LogP contribution in [0.15, 0.2) is 22.2 Å². The number of anilines is 1. The number of nitrogens with two attached hydrogens (primary N) is 1. The highest BCUT2D eigenvalue weighted by atomic mass is 16.6. The van der Waals surface area contributed by atoms with Crippen molar-refractivity contribution < 1.29 is 20.1 Å². The first-order valence-corrected chi connectivity index (χ1v) is 7.14. The molecule has 0 aliphatic carbocycles. The lowest BCUT2D eigenvalue weighted by Crippen LogP contribution is -2.36. The zero-order valence-corrected chi connectivity index (χ0v) is 12.5. The Balaban J connectivity index is 2.29. The fraction of sp³-hybridized carbons (Fsp3) is 0.462. The van der Waals surface area contributed by atoms with E-state index in [0.717, 1.165) is 9.13 Å². The zero-order chi connectivity index (χ0) is 17.6. The number of imidazole rings is 1. The van der Waals surface area contributed by atoms with Crippen molar-refractivity contribution in [1.29, 1.82) is 0 Å². The molecular formula is C13H17N5O6. The van der Waals surface area contributed by atoms with Crippen molar-refractivity contribution in [3.63, 3.8) is 0 Å². The van der Waals surface area contributed by atoms with Crippen molar-refractivity contribution in [3.05, 3.63) is 33.5 Å². The molecule has 0 amide bonds. The standard InChI is InChI=1S/C13H17N5O6/c1-2-3-17-6-9(15-12(14)16-10(6)22)18(13(17)23)11-8(21)7(20)5(4-19)24-11/h2,5,7-8,11,19-21H,1,3-4H2,(H3,14,15,16,22)/t5-,7-,8-,11?/m1/s1. The minimum atomic E-state index is -1.50. The number of nitrogens with one attached hydrogen (secondary N) is 1. The molecule has 2 aromatic rings. The van der Waals surface area contributed by atoms with E-state index < -0.39 is 42.4 Å². The summed E-state index contributed by atoms with van der Waals surface area (Å²) in [4.78, 5) is 31.1. The second kappa shape index (κ2) is 5.87. The highest BCUT2D eigenvalue weighted by Crippen LogP contribution is 2.30. The van der Waals surface area contributed by atoms with Gasteiger partial charge in [0.05, 0.1) is 6.61 Å². The number of rotatable bonds is 4. The summed E-state index contributed by atoms with van der Waals surface area (Å²) in [7, 11) is 0. The van der Waals surface area contributed by atoms with Gasteiger partial charge in [0, 0.05) is 6.54 Å². The Hall–Kier alpha value is -2.47. The summed E-state index contributed by atoms with van der Waals surface area (Å²) in [6, 6.07) is 0. The summed E-state index contributed by atoms with van der Waals surface area (Å²) < 4.78 is 7.40. The molecule has 0 radical (unpaired) electrons. The topological polar surface area (TPSA) is 169 Å². The molecule has 24 heavy (non-hydrogen) atoms. The van der Waals surface area contributed by atoms with Crippen molar-refractivity contribution in [1.82, 2.24) is 19.1 Å². The molecule has 11 heteroatoms. The second-order valence-electron chi connectivity index (χ2n) is 5.40. The van der Waals surface area contributed by atoms with Crippen LogP contribution < -0.4 is 17.0 Å². The van der Waals surface area contributed by atoms with E-state index in [-0.39, 0.29) is 23.7 Å². The second-order valence-corrected chi connectivity index (χ2v) is 5.40. The fourth-order valence-electron chi connectivity index (χ4n) is 2.82. The van der Waals surface area contributed by atoms with E-state index in [2.05, 4.69) is 16.5 Å². The molecule has 0 bridgehead atoms. The predicted molar refractivity (Wildman–Crippen MR) is 82.2 cm³/mol. The van der Waals surface area contributed by atoms with Crippen LogP contribution in [0.4, 0.5) is 5.95 Å². The quantitative estimate of drug-likeness (QED) is 0.374. The number of aromatic nitrogens is 4. The van der Waals surface area contributed by atoms with Gasteiger partial charge in [0.2, 0.25) is 5.95 Å². The van der Waals surface area contributed by atoms with E-state index in [0.29, 0.717) is 0 Å². The first kappa shape index (κ1) is 16.4. The number of nitrogen functional groups attached to an aromatic ring is 1. The maximum Gasteiger partial charge on any atom is 0.333 e. The molecule has 1 unspecified atom stereocenters. The molecule has 1 saturated heterocycles. The van der Waals surface area contributed by atoms with E-state index in [1.54, 1.807) is 0 Å². The van der Waals surface area contributed by atoms with Crippen LogP contribution >= 0.6 is 0 Å². The van der Waals surface area contributed by atoms with Crippen molar-refractivity contribution in [3.8, 4) is 0 Å². The van der Waals surface area contributed by atoms with Crippen LogP contribution in [0, 0.1) is 0 Å². The van der Waals surface area contributed by atoms with Gasteiger partial charge in [-0.25, -0.2) is 9.36 Å². The van der Waals surface area contributed by atoms with Gasteiger partial charge < -0.3 is 25.8 Å². The number of ether oxygens (including phenoxy) is 1. The first-order chi connectivity index (χ1) is 11.4. The maximum atomic E-state index is 12.7. The molecule has 0 aromatic carbocycles. The van der Waals surface area contributed by atoms with Crippen molar-refractivity contribution >= 4 is 17.1 Å². The molecule has 2 aromatic heterocycles. The van der Waals surface area contributed by atoms with Crippen LogP contribution in [0.25, 0.3) is 11.2 Å². The monoisotopic (exact) mass is 339 g/mol. The van der Waals surface area contributed by atoms with Gasteiger partial charge in [-0.2, -0.15) is 4.98 Å². The molecule has 3 rings (SSSR count). The Morgan fingerprint density at radius 3 is 2.67 bits per heavy atom. The molecule has 130 valence electrons. The van der Waals surface area contributed by atoms with Crippen LogP contribution in [0.3, 0.4) is 0 Å². The van der Waals surface area contributed by atoms with E-state index >= 15 is 0 Å². The average Bonchev–Trinajstić information content (AvgIpc) is 2.96. The average molecular weight is 339 g/mol. The van der Waals surface area contributed by atoms with Gasteiger partial charge in [-0.15, -0.1) is 6.58 Å². The molecule has 1 fully saturated rings. The Morgan fingerprint density at radius 2 is 2.08 bits per heavy atom. The highest BCUT2D eigenvalue weighted by molar-refractivity contribution is 5.71. The summed E-state index contributed by atoms with van der Waals surface area (Å²) in [5.41, 5.74) is 4.05. The predicted octanol–water partition coefficient (Wildman–Crippen LogP) is -2.73. The zero-order valence-electron chi connectivity index (χ0n) is 12.5. The summed E-state index contributed by atoms with van der Waals surface area (Å²) in [5, 5.41) is 29.2. The Morgan fingerprint density at radius 1 is 1.38 bits per heavy atom. The van der Waals surface area contributed by atoms with Gasteiger partial charge in [-0.05, 0) is 0 Å². The number of nitrogens with zero attached hydrogens (tertiary/aromatic N) is 3. The molecule has 4 atom stereocenters. The van der Waals surface area contributed by atoms with Crippen LogP contribution in [-0.4, -0.2) is 59.3 Å². The summed E-state index contributed by atoms with van der Waals surface area (Å²) in [6.07, 6.45) is -3.88. The number of hydrogen-bond donors (Lipinski definition) is 5. The van der Waals surface area contributed by atoms with Crippen molar-refractivity contribution in [2.75, 3.05) is 12.3 Å². The summed E-state index contributed by atoms with van der Waals surface area (Å²) in [5.74, 6) is -0.219. The van der Waals surface area contributed by atoms with Gasteiger partial charge >= 0.3 is 5.69 Å². The number of aromatic amines is 1. The molecule has 3 heterocycles. The highest BCUT2D eigenvalue weighted by Gasteiger charge is 2.45. The third-order valence-electron chi connectivity index (χ3n) is 3.91. The van der Waals surface area contributed by atoms with E-state index in [9.17, 15) is 24.9 Å². The SMILES string of the molecule is C=CCn1c(=O)n(C2O[C@H](CO)[C@@H](O)[C@H]2O)c2nc(N)[nH]c(=O)c21. The number of H-pyrrole nitrogens is 1. The van der Waals surface area contributed by atoms with Crippen LogP contribution in [-0.2, 0) is 11.3 Å². The van der Waals surface area contributed by atoms with Crippen LogP contribution in [0.5, 0.6) is 0 Å². The summed E-state index contributed by atoms with van der Waals surface area (Å²) >= 11 is 0. The van der Waals surface area contributed by atoms with Gasteiger partial charge in [-0.1, -0.05) is 6.08 Å². The van der Waals surface area contributed by atoms with Gasteiger partial charge in [0.15, 0.2) is 17.4 Å². The lowest BCUT2D eigenvalue weighted by atomic mass is 10.1.